The van der Waals surface area contributed by atoms with Crippen LogP contribution in [-0.2, 0) is 10.0 Å². The highest BCUT2D eigenvalue weighted by Crippen LogP contribution is 2.26. The molecule has 1 saturated heterocycles. The van der Waals surface area contributed by atoms with Gasteiger partial charge in [-0.25, -0.2) is 13.1 Å². The van der Waals surface area contributed by atoms with E-state index in [9.17, 15) is 13.2 Å². The number of hydrogen-bond acceptors (Lipinski definition) is 4. The van der Waals surface area contributed by atoms with E-state index in [1.807, 2.05) is 0 Å². The molecular weight excluding hydrogens is 458 g/mol. The third kappa shape index (κ3) is 6.79. The fraction of sp³-hybridized carbons (Fsp3) is 0.480. The molecule has 2 aromatic carbocycles. The molecule has 1 heterocycles. The van der Waals surface area contributed by atoms with Crippen LogP contribution in [0.1, 0.15) is 55.3 Å². The fourth-order valence-corrected chi connectivity index (χ4v) is 6.27. The second kappa shape index (κ2) is 11.0. The molecule has 0 bridgehead atoms. The number of amides is 1. The maximum Gasteiger partial charge on any atom is 0.255 e. The van der Waals surface area contributed by atoms with E-state index in [0.29, 0.717) is 10.7 Å². The molecule has 33 heavy (non-hydrogen) atoms. The molecule has 2 N–H and O–H groups in total. The molecule has 2 aliphatic rings. The van der Waals surface area contributed by atoms with Crippen molar-refractivity contribution in [3.63, 3.8) is 0 Å². The summed E-state index contributed by atoms with van der Waals surface area (Å²) < 4.78 is 28.9. The van der Waals surface area contributed by atoms with Crippen LogP contribution in [0.15, 0.2) is 53.4 Å². The van der Waals surface area contributed by atoms with Gasteiger partial charge in [0.15, 0.2) is 0 Å². The van der Waals surface area contributed by atoms with E-state index >= 15 is 0 Å². The van der Waals surface area contributed by atoms with Crippen molar-refractivity contribution in [2.45, 2.75) is 55.9 Å². The van der Waals surface area contributed by atoms with E-state index in [-0.39, 0.29) is 22.4 Å². The summed E-state index contributed by atoms with van der Waals surface area (Å²) in [6.45, 7) is 2.99. The number of carbonyl (C=O) groups excluding carboxylic acids is 1. The average Bonchev–Trinajstić information content (AvgIpc) is 2.82. The second-order valence-electron chi connectivity index (χ2n) is 9.19. The van der Waals surface area contributed by atoms with Crippen LogP contribution in [0.5, 0.6) is 0 Å². The minimum absolute atomic E-state index is 0.0795. The normalized spacial score (nSPS) is 18.8. The Kier molecular flexibility index (Phi) is 8.07. The third-order valence-corrected chi connectivity index (χ3v) is 8.43. The topological polar surface area (TPSA) is 78.5 Å². The van der Waals surface area contributed by atoms with Crippen molar-refractivity contribution in [2.24, 2.45) is 5.92 Å². The standard InChI is InChI=1S/C25H32ClN3O3S/c26-21-9-11-22(12-10-21)27-25(30)20-7-4-8-24(17-20)33(31,32)28-23-13-15-29(16-14-23)18-19-5-2-1-3-6-19/h4,7-12,17,19,23,28H,1-3,5-6,13-16,18H2,(H,27,30). The van der Waals surface area contributed by atoms with E-state index in [1.54, 1.807) is 36.4 Å². The number of carbonyl (C=O) groups is 1. The van der Waals surface area contributed by atoms with Crippen LogP contribution in [0.3, 0.4) is 0 Å². The minimum atomic E-state index is -3.71. The van der Waals surface area contributed by atoms with Gasteiger partial charge in [0.25, 0.3) is 5.91 Å². The van der Waals surface area contributed by atoms with Gasteiger partial charge in [-0.05, 0) is 87.2 Å². The molecule has 0 unspecified atom stereocenters. The third-order valence-electron chi connectivity index (χ3n) is 6.66. The minimum Gasteiger partial charge on any atom is -0.322 e. The van der Waals surface area contributed by atoms with Gasteiger partial charge in [0.2, 0.25) is 10.0 Å². The van der Waals surface area contributed by atoms with Crippen molar-refractivity contribution in [1.29, 1.82) is 0 Å². The van der Waals surface area contributed by atoms with Crippen LogP contribution in [-0.4, -0.2) is 44.9 Å². The van der Waals surface area contributed by atoms with E-state index < -0.39 is 10.0 Å². The van der Waals surface area contributed by atoms with Crippen LogP contribution < -0.4 is 10.0 Å². The smallest absolute Gasteiger partial charge is 0.255 e. The Morgan fingerprint density at radius 2 is 1.67 bits per heavy atom. The highest BCUT2D eigenvalue weighted by atomic mass is 35.5. The first-order chi connectivity index (χ1) is 15.9. The lowest BCUT2D eigenvalue weighted by atomic mass is 9.88. The van der Waals surface area contributed by atoms with E-state index in [1.165, 1.54) is 44.2 Å². The SMILES string of the molecule is O=C(Nc1ccc(Cl)cc1)c1cccc(S(=O)(=O)NC2CCN(CC3CCCCC3)CC2)c1. The molecule has 178 valence electrons. The van der Waals surface area contributed by atoms with Crippen LogP contribution in [0.25, 0.3) is 0 Å². The zero-order valence-electron chi connectivity index (χ0n) is 18.8. The van der Waals surface area contributed by atoms with Crippen LogP contribution in [0.2, 0.25) is 5.02 Å². The summed E-state index contributed by atoms with van der Waals surface area (Å²) in [5.74, 6) is 0.430. The van der Waals surface area contributed by atoms with Crippen molar-refractivity contribution in [3.05, 3.63) is 59.1 Å². The molecule has 1 amide bonds. The Hall–Kier alpha value is -1.93. The summed E-state index contributed by atoms with van der Waals surface area (Å²) in [6.07, 6.45) is 8.33. The van der Waals surface area contributed by atoms with Crippen LogP contribution in [0.4, 0.5) is 5.69 Å². The Labute approximate surface area is 201 Å². The lowest BCUT2D eigenvalue weighted by molar-refractivity contribution is 0.102. The number of nitrogens with zero attached hydrogens (tertiary/aromatic N) is 1. The number of piperidine rings is 1. The summed E-state index contributed by atoms with van der Waals surface area (Å²) in [7, 11) is -3.71. The molecule has 1 aliphatic heterocycles. The zero-order valence-corrected chi connectivity index (χ0v) is 20.4. The Bertz CT molecular complexity index is 1040. The van der Waals surface area contributed by atoms with Gasteiger partial charge in [0, 0.05) is 28.9 Å². The molecule has 2 aromatic rings. The summed E-state index contributed by atoms with van der Waals surface area (Å²) >= 11 is 5.88. The maximum atomic E-state index is 13.0. The Morgan fingerprint density at radius 1 is 0.970 bits per heavy atom. The summed E-state index contributed by atoms with van der Waals surface area (Å²) in [4.78, 5) is 15.2. The van der Waals surface area contributed by atoms with E-state index in [2.05, 4.69) is 14.9 Å². The van der Waals surface area contributed by atoms with Crippen LogP contribution >= 0.6 is 11.6 Å². The number of halogens is 1. The highest BCUT2D eigenvalue weighted by Gasteiger charge is 2.26. The van der Waals surface area contributed by atoms with Crippen molar-refractivity contribution in [3.8, 4) is 0 Å². The lowest BCUT2D eigenvalue weighted by Gasteiger charge is -2.35. The number of benzene rings is 2. The first kappa shape index (κ1) is 24.2. The highest BCUT2D eigenvalue weighted by molar-refractivity contribution is 7.89. The fourth-order valence-electron chi connectivity index (χ4n) is 4.80. The molecule has 4 rings (SSSR count). The molecule has 1 saturated carbocycles. The van der Waals surface area contributed by atoms with Gasteiger partial charge >= 0.3 is 0 Å². The number of sulfonamides is 1. The number of anilines is 1. The van der Waals surface area contributed by atoms with E-state index in [4.69, 9.17) is 11.6 Å². The molecule has 2 fully saturated rings. The second-order valence-corrected chi connectivity index (χ2v) is 11.3. The number of rotatable bonds is 7. The largest absolute Gasteiger partial charge is 0.322 e. The van der Waals surface area contributed by atoms with Gasteiger partial charge in [-0.3, -0.25) is 4.79 Å². The Morgan fingerprint density at radius 3 is 2.36 bits per heavy atom. The number of nitrogens with one attached hydrogen (secondary N) is 2. The molecule has 0 atom stereocenters. The van der Waals surface area contributed by atoms with Crippen LogP contribution in [0, 0.1) is 5.92 Å². The van der Waals surface area contributed by atoms with Crippen molar-refractivity contribution in [2.75, 3.05) is 25.0 Å². The quantitative estimate of drug-likeness (QED) is 0.578. The monoisotopic (exact) mass is 489 g/mol. The summed E-state index contributed by atoms with van der Waals surface area (Å²) in [5, 5.41) is 3.34. The summed E-state index contributed by atoms with van der Waals surface area (Å²) in [5.41, 5.74) is 0.880. The maximum absolute atomic E-state index is 13.0. The van der Waals surface area contributed by atoms with Crippen molar-refractivity contribution < 1.29 is 13.2 Å². The molecule has 8 heteroatoms. The van der Waals surface area contributed by atoms with Crippen molar-refractivity contribution >= 4 is 33.2 Å². The predicted molar refractivity (Wildman–Crippen MR) is 132 cm³/mol. The molecule has 0 spiro atoms. The summed E-state index contributed by atoms with van der Waals surface area (Å²) in [6, 6.07) is 12.8. The average molecular weight is 490 g/mol. The zero-order chi connectivity index (χ0) is 23.3. The molecule has 0 aromatic heterocycles. The van der Waals surface area contributed by atoms with Gasteiger partial charge in [-0.1, -0.05) is 36.9 Å². The Balaban J connectivity index is 1.33. The number of likely N-dealkylation sites (tertiary alicyclic amines) is 1. The molecule has 0 radical (unpaired) electrons. The molecule has 1 aliphatic carbocycles. The van der Waals surface area contributed by atoms with Gasteiger partial charge < -0.3 is 10.2 Å². The molecule has 6 nitrogen and oxygen atoms in total. The van der Waals surface area contributed by atoms with Gasteiger partial charge in [0.1, 0.15) is 0 Å². The number of hydrogen-bond donors (Lipinski definition) is 2. The molecular formula is C25H32ClN3O3S. The van der Waals surface area contributed by atoms with Gasteiger partial charge in [0.05, 0.1) is 4.90 Å². The predicted octanol–water partition coefficient (Wildman–Crippen LogP) is 4.92. The lowest BCUT2D eigenvalue weighted by Crippen LogP contribution is -2.45. The first-order valence-corrected chi connectivity index (χ1v) is 13.7. The van der Waals surface area contributed by atoms with Gasteiger partial charge in [-0.2, -0.15) is 0 Å². The van der Waals surface area contributed by atoms with Gasteiger partial charge in [-0.15, -0.1) is 0 Å². The van der Waals surface area contributed by atoms with E-state index in [0.717, 1.165) is 38.4 Å². The first-order valence-electron chi connectivity index (χ1n) is 11.8. The van der Waals surface area contributed by atoms with Crippen molar-refractivity contribution in [1.82, 2.24) is 9.62 Å².